The van der Waals surface area contributed by atoms with Crippen molar-refractivity contribution in [3.05, 3.63) is 72.9 Å². The zero-order valence-electron chi connectivity index (χ0n) is 28.8. The molecule has 0 aliphatic carbocycles. The summed E-state index contributed by atoms with van der Waals surface area (Å²) >= 11 is 0. The van der Waals surface area contributed by atoms with Crippen LogP contribution in [0.25, 0.3) is 0 Å². The highest BCUT2D eigenvalue weighted by atomic mass is 31.2. The lowest BCUT2D eigenvalue weighted by Gasteiger charge is -2.19. The zero-order valence-corrected chi connectivity index (χ0v) is 29.7. The summed E-state index contributed by atoms with van der Waals surface area (Å²) in [5.74, 6) is -0.392. The van der Waals surface area contributed by atoms with Gasteiger partial charge in [0.2, 0.25) is 0 Å². The van der Waals surface area contributed by atoms with Crippen molar-refractivity contribution < 1.29 is 32.8 Å². The molecule has 0 heterocycles. The van der Waals surface area contributed by atoms with Crippen LogP contribution in [0.15, 0.2) is 72.9 Å². The second-order valence-electron chi connectivity index (χ2n) is 11.0. The summed E-state index contributed by atoms with van der Waals surface area (Å²) < 4.78 is 32.5. The van der Waals surface area contributed by atoms with E-state index in [9.17, 15) is 14.3 Å². The van der Waals surface area contributed by atoms with Crippen molar-refractivity contribution in [3.63, 3.8) is 0 Å². The maximum absolute atomic E-state index is 11.9. The van der Waals surface area contributed by atoms with Crippen molar-refractivity contribution in [2.45, 2.75) is 123 Å². The Kier molecular flexibility index (Phi) is 32.7. The number of phosphoric ester groups is 1. The number of hydrogen-bond acceptors (Lipinski definition) is 7. The van der Waals surface area contributed by atoms with Crippen molar-refractivity contribution in [2.75, 3.05) is 33.0 Å². The molecule has 0 saturated heterocycles. The molecule has 0 amide bonds. The van der Waals surface area contributed by atoms with E-state index >= 15 is 0 Å². The molecule has 0 spiro atoms. The molecule has 0 rings (SSSR count). The maximum Gasteiger partial charge on any atom is 0.472 e. The fourth-order valence-corrected chi connectivity index (χ4v) is 4.92. The maximum atomic E-state index is 11.9. The predicted octanol–water partition coefficient (Wildman–Crippen LogP) is 9.63. The molecule has 0 fully saturated rings. The van der Waals surface area contributed by atoms with Gasteiger partial charge < -0.3 is 20.1 Å². The minimum absolute atomic E-state index is 0.0935. The second-order valence-corrected chi connectivity index (χ2v) is 12.5. The zero-order chi connectivity index (χ0) is 33.8. The van der Waals surface area contributed by atoms with Crippen LogP contribution in [0.2, 0.25) is 0 Å². The molecule has 0 radical (unpaired) electrons. The standard InChI is InChI=1S/C37H64NO7P/c1-3-5-6-7-8-9-10-11-12-13-14-15-16-17-18-19-20-21-22-23-24-25-26-27-28-29-32-42-34-36(45-37(39)30-4-2)35-44-46(40,41)43-33-31-38/h5-6,8-9,11-12,14-15,17-18,20-21,36H,3-4,7,10,13,16,19,22-35,38H2,1-2H3,(H,40,41)/b6-5-,9-8-,12-11-,15-14-,18-17-,21-20-. The van der Waals surface area contributed by atoms with Gasteiger partial charge in [-0.3, -0.25) is 13.8 Å². The fourth-order valence-electron chi connectivity index (χ4n) is 4.15. The Morgan fingerprint density at radius 2 is 1.17 bits per heavy atom. The first-order chi connectivity index (χ1) is 22.4. The number of esters is 1. The highest BCUT2D eigenvalue weighted by Gasteiger charge is 2.25. The molecule has 8 nitrogen and oxygen atoms in total. The molecule has 0 bridgehead atoms. The summed E-state index contributed by atoms with van der Waals surface area (Å²) in [6, 6.07) is 0. The Balaban J connectivity index is 3.76. The highest BCUT2D eigenvalue weighted by molar-refractivity contribution is 7.47. The van der Waals surface area contributed by atoms with Gasteiger partial charge in [0.25, 0.3) is 0 Å². The molecule has 2 atom stereocenters. The van der Waals surface area contributed by atoms with Crippen molar-refractivity contribution in [3.8, 4) is 0 Å². The number of nitrogens with two attached hydrogens (primary N) is 1. The molecule has 0 aromatic carbocycles. The Morgan fingerprint density at radius 1 is 0.674 bits per heavy atom. The van der Waals surface area contributed by atoms with Gasteiger partial charge in [0.05, 0.1) is 19.8 Å². The van der Waals surface area contributed by atoms with Crippen molar-refractivity contribution in [2.24, 2.45) is 5.73 Å². The smallest absolute Gasteiger partial charge is 0.457 e. The molecule has 0 aromatic heterocycles. The molecular formula is C37H64NO7P. The second kappa shape index (κ2) is 34.3. The first kappa shape index (κ1) is 43.9. The molecule has 0 saturated carbocycles. The van der Waals surface area contributed by atoms with Crippen LogP contribution >= 0.6 is 7.82 Å². The molecular weight excluding hydrogens is 601 g/mol. The first-order valence-electron chi connectivity index (χ1n) is 17.4. The lowest BCUT2D eigenvalue weighted by molar-refractivity contribution is -0.154. The van der Waals surface area contributed by atoms with Crippen molar-refractivity contribution in [1.29, 1.82) is 0 Å². The van der Waals surface area contributed by atoms with E-state index in [4.69, 9.17) is 24.3 Å². The third-order valence-electron chi connectivity index (χ3n) is 6.61. The average molecular weight is 666 g/mol. The van der Waals surface area contributed by atoms with Gasteiger partial charge in [0.15, 0.2) is 0 Å². The summed E-state index contributed by atoms with van der Waals surface area (Å²) in [6.07, 6.45) is 42.2. The average Bonchev–Trinajstić information content (AvgIpc) is 3.04. The van der Waals surface area contributed by atoms with Crippen LogP contribution in [0.3, 0.4) is 0 Å². The van der Waals surface area contributed by atoms with E-state index < -0.39 is 19.9 Å². The van der Waals surface area contributed by atoms with Gasteiger partial charge in [0, 0.05) is 19.6 Å². The van der Waals surface area contributed by atoms with E-state index in [1.54, 1.807) is 0 Å². The molecule has 2 unspecified atom stereocenters. The highest BCUT2D eigenvalue weighted by Crippen LogP contribution is 2.43. The minimum Gasteiger partial charge on any atom is -0.457 e. The largest absolute Gasteiger partial charge is 0.472 e. The Labute approximate surface area is 280 Å². The van der Waals surface area contributed by atoms with Crippen molar-refractivity contribution in [1.82, 2.24) is 0 Å². The number of phosphoric acid groups is 1. The van der Waals surface area contributed by atoms with Gasteiger partial charge in [-0.15, -0.1) is 0 Å². The summed E-state index contributed by atoms with van der Waals surface area (Å²) in [4.78, 5) is 21.6. The Morgan fingerprint density at radius 3 is 1.70 bits per heavy atom. The SMILES string of the molecule is CC/C=C\C/C=C\C/C=C\C/C=C\C/C=C\C/C=C\CCCCCCCCCOCC(COP(=O)(O)OCCN)OC(=O)CCC. The van der Waals surface area contributed by atoms with Gasteiger partial charge >= 0.3 is 13.8 Å². The fraction of sp³-hybridized carbons (Fsp3) is 0.649. The number of rotatable bonds is 32. The normalized spacial score (nSPS) is 14.6. The van der Waals surface area contributed by atoms with Gasteiger partial charge in [-0.25, -0.2) is 4.57 Å². The molecule has 264 valence electrons. The minimum atomic E-state index is -4.25. The predicted molar refractivity (Wildman–Crippen MR) is 192 cm³/mol. The van der Waals surface area contributed by atoms with E-state index in [0.717, 1.165) is 64.2 Å². The van der Waals surface area contributed by atoms with Gasteiger partial charge in [-0.2, -0.15) is 0 Å². The molecule has 0 aliphatic rings. The monoisotopic (exact) mass is 665 g/mol. The lowest BCUT2D eigenvalue weighted by Crippen LogP contribution is -2.28. The summed E-state index contributed by atoms with van der Waals surface area (Å²) in [5.41, 5.74) is 5.28. The Hall–Kier alpha value is -2.06. The lowest BCUT2D eigenvalue weighted by atomic mass is 10.1. The summed E-state index contributed by atoms with van der Waals surface area (Å²) in [7, 11) is -4.25. The molecule has 0 aliphatic heterocycles. The number of unbranched alkanes of at least 4 members (excludes halogenated alkanes) is 7. The van der Waals surface area contributed by atoms with E-state index in [1.807, 2.05) is 6.92 Å². The number of carbonyl (C=O) groups excluding carboxylic acids is 1. The summed E-state index contributed by atoms with van der Waals surface area (Å²) in [6.45, 7) is 4.36. The van der Waals surface area contributed by atoms with Crippen LogP contribution in [0, 0.1) is 0 Å². The van der Waals surface area contributed by atoms with Gasteiger partial charge in [-0.05, 0) is 64.2 Å². The van der Waals surface area contributed by atoms with Crippen LogP contribution < -0.4 is 5.73 Å². The van der Waals surface area contributed by atoms with E-state index in [2.05, 4.69) is 79.8 Å². The Bertz CT molecular complexity index is 927. The first-order valence-corrected chi connectivity index (χ1v) is 18.9. The van der Waals surface area contributed by atoms with Crippen LogP contribution in [0.1, 0.15) is 117 Å². The number of ether oxygens (including phenoxy) is 2. The topological polar surface area (TPSA) is 117 Å². The number of allylic oxidation sites excluding steroid dienone is 12. The summed E-state index contributed by atoms with van der Waals surface area (Å²) in [5, 5.41) is 0. The van der Waals surface area contributed by atoms with Crippen LogP contribution in [0.5, 0.6) is 0 Å². The third-order valence-corrected chi connectivity index (χ3v) is 7.59. The molecule has 0 aromatic rings. The van der Waals surface area contributed by atoms with Crippen LogP contribution in [0.4, 0.5) is 0 Å². The molecule has 3 N–H and O–H groups in total. The van der Waals surface area contributed by atoms with E-state index in [-0.39, 0.29) is 32.8 Å². The van der Waals surface area contributed by atoms with E-state index in [1.165, 1.54) is 25.7 Å². The van der Waals surface area contributed by atoms with Gasteiger partial charge in [0.1, 0.15) is 6.10 Å². The van der Waals surface area contributed by atoms with Crippen LogP contribution in [-0.2, 0) is 27.9 Å². The quantitative estimate of drug-likeness (QED) is 0.0316. The van der Waals surface area contributed by atoms with Crippen molar-refractivity contribution >= 4 is 13.8 Å². The number of carbonyl (C=O) groups is 1. The molecule has 46 heavy (non-hydrogen) atoms. The van der Waals surface area contributed by atoms with E-state index in [0.29, 0.717) is 13.0 Å². The van der Waals surface area contributed by atoms with Gasteiger partial charge in [-0.1, -0.05) is 119 Å². The van der Waals surface area contributed by atoms with Crippen LogP contribution in [-0.4, -0.2) is 49.9 Å². The third kappa shape index (κ3) is 33.3. The molecule has 9 heteroatoms. The number of hydrogen-bond donors (Lipinski definition) is 2.